The molecule has 0 saturated carbocycles. The van der Waals surface area contributed by atoms with Gasteiger partial charge in [0.1, 0.15) is 11.9 Å². The second-order valence-corrected chi connectivity index (χ2v) is 3.75. The third-order valence-electron chi connectivity index (χ3n) is 1.82. The van der Waals surface area contributed by atoms with Crippen molar-refractivity contribution in [3.63, 3.8) is 0 Å². The molecule has 0 aliphatic carbocycles. The second kappa shape index (κ2) is 3.42. The van der Waals surface area contributed by atoms with E-state index in [2.05, 4.69) is 21.1 Å². The molecule has 2 rings (SSSR count). The van der Waals surface area contributed by atoms with Crippen molar-refractivity contribution < 1.29 is 14.4 Å². The summed E-state index contributed by atoms with van der Waals surface area (Å²) in [5.41, 5.74) is 0.671. The number of hydrogen-bond acceptors (Lipinski definition) is 3. The SMILES string of the molecule is O=C(O)Cc1onc2ccc(Br)cc12. The number of benzene rings is 1. The zero-order valence-electron chi connectivity index (χ0n) is 7.03. The fourth-order valence-corrected chi connectivity index (χ4v) is 1.59. The van der Waals surface area contributed by atoms with E-state index in [-0.39, 0.29) is 6.42 Å². The molecule has 5 heteroatoms. The summed E-state index contributed by atoms with van der Waals surface area (Å²) in [7, 11) is 0. The van der Waals surface area contributed by atoms with Gasteiger partial charge in [-0.25, -0.2) is 0 Å². The van der Waals surface area contributed by atoms with Crippen LogP contribution in [0.4, 0.5) is 0 Å². The number of aliphatic carboxylic acids is 1. The van der Waals surface area contributed by atoms with Crippen molar-refractivity contribution in [3.05, 3.63) is 28.4 Å². The van der Waals surface area contributed by atoms with E-state index in [1.165, 1.54) is 0 Å². The summed E-state index contributed by atoms with van der Waals surface area (Å²) in [5, 5.41) is 13.1. The lowest BCUT2D eigenvalue weighted by atomic mass is 10.2. The predicted molar refractivity (Wildman–Crippen MR) is 53.0 cm³/mol. The van der Waals surface area contributed by atoms with Gasteiger partial charge in [0.15, 0.2) is 5.76 Å². The summed E-state index contributed by atoms with van der Waals surface area (Å²) in [6, 6.07) is 5.40. The minimum atomic E-state index is -0.928. The Morgan fingerprint density at radius 1 is 1.57 bits per heavy atom. The zero-order valence-corrected chi connectivity index (χ0v) is 8.61. The van der Waals surface area contributed by atoms with E-state index >= 15 is 0 Å². The molecule has 0 aliphatic rings. The molecule has 1 aromatic carbocycles. The van der Waals surface area contributed by atoms with E-state index < -0.39 is 5.97 Å². The molecule has 0 bridgehead atoms. The minimum Gasteiger partial charge on any atom is -0.481 e. The highest BCUT2D eigenvalue weighted by Crippen LogP contribution is 2.22. The molecule has 0 fully saturated rings. The van der Waals surface area contributed by atoms with Crippen molar-refractivity contribution in [2.75, 3.05) is 0 Å². The quantitative estimate of drug-likeness (QED) is 0.894. The van der Waals surface area contributed by atoms with Crippen LogP contribution in [0.25, 0.3) is 10.9 Å². The molecule has 1 aromatic heterocycles. The lowest BCUT2D eigenvalue weighted by Gasteiger charge is -1.91. The van der Waals surface area contributed by atoms with E-state index in [1.54, 1.807) is 12.1 Å². The van der Waals surface area contributed by atoms with Crippen molar-refractivity contribution in [3.8, 4) is 0 Å². The molecule has 0 aliphatic heterocycles. The fraction of sp³-hybridized carbons (Fsp3) is 0.111. The highest BCUT2D eigenvalue weighted by atomic mass is 79.9. The first-order valence-electron chi connectivity index (χ1n) is 3.92. The van der Waals surface area contributed by atoms with Gasteiger partial charge in [-0.3, -0.25) is 4.79 Å². The Morgan fingerprint density at radius 3 is 3.07 bits per heavy atom. The Labute approximate surface area is 87.6 Å². The van der Waals surface area contributed by atoms with E-state index in [9.17, 15) is 4.79 Å². The summed E-state index contributed by atoms with van der Waals surface area (Å²) in [6.07, 6.45) is -0.146. The van der Waals surface area contributed by atoms with E-state index in [0.29, 0.717) is 11.3 Å². The molecule has 0 radical (unpaired) electrons. The Balaban J connectivity index is 2.55. The first kappa shape index (κ1) is 9.21. The van der Waals surface area contributed by atoms with Crippen LogP contribution in [0.3, 0.4) is 0 Å². The number of carbonyl (C=O) groups is 1. The molecule has 14 heavy (non-hydrogen) atoms. The number of aromatic nitrogens is 1. The van der Waals surface area contributed by atoms with Crippen LogP contribution in [-0.4, -0.2) is 16.2 Å². The number of nitrogens with zero attached hydrogens (tertiary/aromatic N) is 1. The monoisotopic (exact) mass is 255 g/mol. The van der Waals surface area contributed by atoms with Gasteiger partial charge in [0.2, 0.25) is 0 Å². The van der Waals surface area contributed by atoms with Gasteiger partial charge in [0, 0.05) is 9.86 Å². The second-order valence-electron chi connectivity index (χ2n) is 2.84. The van der Waals surface area contributed by atoms with Crippen LogP contribution in [0, 0.1) is 0 Å². The van der Waals surface area contributed by atoms with Gasteiger partial charge >= 0.3 is 5.97 Å². The maximum Gasteiger partial charge on any atom is 0.311 e. The van der Waals surface area contributed by atoms with E-state index in [0.717, 1.165) is 9.86 Å². The summed E-state index contributed by atoms with van der Waals surface area (Å²) in [5.74, 6) is -0.545. The molecule has 0 saturated heterocycles. The molecule has 72 valence electrons. The Kier molecular flexibility index (Phi) is 2.25. The number of fused-ring (bicyclic) bond motifs is 1. The zero-order chi connectivity index (χ0) is 10.1. The lowest BCUT2D eigenvalue weighted by Crippen LogP contribution is -1.98. The van der Waals surface area contributed by atoms with Crippen LogP contribution < -0.4 is 0 Å². The van der Waals surface area contributed by atoms with Crippen LogP contribution in [0.15, 0.2) is 27.2 Å². The molecule has 0 amide bonds. The smallest absolute Gasteiger partial charge is 0.311 e. The molecule has 4 nitrogen and oxygen atoms in total. The van der Waals surface area contributed by atoms with Crippen molar-refractivity contribution in [1.29, 1.82) is 0 Å². The van der Waals surface area contributed by atoms with Gasteiger partial charge < -0.3 is 9.63 Å². The number of carboxylic acid groups (broad SMARTS) is 1. The van der Waals surface area contributed by atoms with Gasteiger partial charge in [-0.2, -0.15) is 0 Å². The maximum atomic E-state index is 10.5. The number of carboxylic acids is 1. The summed E-state index contributed by atoms with van der Waals surface area (Å²) < 4.78 is 5.80. The van der Waals surface area contributed by atoms with Crippen LogP contribution in [0.5, 0.6) is 0 Å². The first-order chi connectivity index (χ1) is 6.66. The van der Waals surface area contributed by atoms with Crippen LogP contribution in [0.2, 0.25) is 0 Å². The van der Waals surface area contributed by atoms with Crippen molar-refractivity contribution >= 4 is 32.8 Å². The molecule has 1 N–H and O–H groups in total. The van der Waals surface area contributed by atoms with Gasteiger partial charge in [-0.1, -0.05) is 21.1 Å². The normalized spacial score (nSPS) is 10.6. The van der Waals surface area contributed by atoms with Crippen LogP contribution >= 0.6 is 15.9 Å². The van der Waals surface area contributed by atoms with Crippen molar-refractivity contribution in [2.24, 2.45) is 0 Å². The average Bonchev–Trinajstić information content (AvgIpc) is 2.47. The van der Waals surface area contributed by atoms with Gasteiger partial charge in [-0.05, 0) is 18.2 Å². The third kappa shape index (κ3) is 1.63. The Hall–Kier alpha value is -1.36. The maximum absolute atomic E-state index is 10.5. The highest BCUT2D eigenvalue weighted by Gasteiger charge is 2.11. The Bertz CT molecular complexity index is 492. The molecule has 0 spiro atoms. The topological polar surface area (TPSA) is 63.3 Å². The van der Waals surface area contributed by atoms with Crippen molar-refractivity contribution in [1.82, 2.24) is 5.16 Å². The highest BCUT2D eigenvalue weighted by molar-refractivity contribution is 9.10. The minimum absolute atomic E-state index is 0.146. The lowest BCUT2D eigenvalue weighted by molar-refractivity contribution is -0.136. The predicted octanol–water partition coefficient (Wildman–Crippen LogP) is 2.22. The molecule has 2 aromatic rings. The average molecular weight is 256 g/mol. The number of rotatable bonds is 2. The Morgan fingerprint density at radius 2 is 2.36 bits per heavy atom. The largest absolute Gasteiger partial charge is 0.481 e. The molecular formula is C9H6BrNO3. The summed E-state index contributed by atoms with van der Waals surface area (Å²) in [4.78, 5) is 10.5. The standard InChI is InChI=1S/C9H6BrNO3/c10-5-1-2-7-6(3-5)8(14-11-7)4-9(12)13/h1-3H,4H2,(H,12,13). The molecule has 0 unspecified atom stereocenters. The van der Waals surface area contributed by atoms with Gasteiger partial charge in [0.25, 0.3) is 0 Å². The molecular weight excluding hydrogens is 250 g/mol. The van der Waals surface area contributed by atoms with E-state index in [1.807, 2.05) is 6.07 Å². The summed E-state index contributed by atoms with van der Waals surface area (Å²) in [6.45, 7) is 0. The van der Waals surface area contributed by atoms with Crippen molar-refractivity contribution in [2.45, 2.75) is 6.42 Å². The number of hydrogen-bond donors (Lipinski definition) is 1. The van der Waals surface area contributed by atoms with Gasteiger partial charge in [-0.15, -0.1) is 0 Å². The van der Waals surface area contributed by atoms with Crippen LogP contribution in [-0.2, 0) is 11.2 Å². The fourth-order valence-electron chi connectivity index (χ4n) is 1.23. The first-order valence-corrected chi connectivity index (χ1v) is 4.72. The van der Waals surface area contributed by atoms with E-state index in [4.69, 9.17) is 9.63 Å². The summed E-state index contributed by atoms with van der Waals surface area (Å²) >= 11 is 3.30. The van der Waals surface area contributed by atoms with Gasteiger partial charge in [0.05, 0.1) is 0 Å². The van der Waals surface area contributed by atoms with Crippen LogP contribution in [0.1, 0.15) is 5.76 Å². The number of halogens is 1. The molecule has 1 heterocycles. The third-order valence-corrected chi connectivity index (χ3v) is 2.32. The molecule has 0 atom stereocenters.